The zero-order valence-electron chi connectivity index (χ0n) is 35.4. The van der Waals surface area contributed by atoms with Gasteiger partial charge in [0, 0.05) is 6.54 Å². The predicted octanol–water partition coefficient (Wildman–Crippen LogP) is 1.78. The SMILES string of the molecule is CC(C)C[C@@H](NC(=O)C(=O)C1CCCN1)C(=O)N[C@H](C(=O)O)C(C)C.CC(C)C[C@@H](NC(=O)C(=O)C1CCCN1C(=O)OC(C)(C)C)C(=O)N[C@H](C(=O)O)C(C)C. The summed E-state index contributed by atoms with van der Waals surface area (Å²) in [7, 11) is 0. The van der Waals surface area contributed by atoms with Gasteiger partial charge >= 0.3 is 18.0 Å². The molecule has 0 aromatic rings. The molecular weight excluding hydrogens is 744 g/mol. The van der Waals surface area contributed by atoms with E-state index in [4.69, 9.17) is 4.74 Å². The first-order valence-electron chi connectivity index (χ1n) is 19.8. The van der Waals surface area contributed by atoms with E-state index in [0.717, 1.165) is 6.42 Å². The maximum Gasteiger partial charge on any atom is 0.410 e. The molecule has 324 valence electrons. The largest absolute Gasteiger partial charge is 0.480 e. The van der Waals surface area contributed by atoms with Crippen LogP contribution in [0.4, 0.5) is 4.79 Å². The van der Waals surface area contributed by atoms with Crippen LogP contribution < -0.4 is 26.6 Å². The highest BCUT2D eigenvalue weighted by Crippen LogP contribution is 2.22. The molecule has 18 heteroatoms. The highest BCUT2D eigenvalue weighted by Gasteiger charge is 2.41. The van der Waals surface area contributed by atoms with Crippen LogP contribution in [0.25, 0.3) is 0 Å². The van der Waals surface area contributed by atoms with E-state index in [1.807, 2.05) is 27.7 Å². The normalized spacial score (nSPS) is 18.8. The Balaban J connectivity index is 0.000000587. The Kier molecular flexibility index (Phi) is 20.3. The second-order valence-electron chi connectivity index (χ2n) is 17.2. The second kappa shape index (κ2) is 23.0. The number of hydrogen-bond donors (Lipinski definition) is 7. The van der Waals surface area contributed by atoms with Crippen LogP contribution in [0.3, 0.4) is 0 Å². The van der Waals surface area contributed by atoms with Gasteiger partial charge < -0.3 is 41.5 Å². The maximum absolute atomic E-state index is 12.8. The first-order valence-corrected chi connectivity index (χ1v) is 19.8. The van der Waals surface area contributed by atoms with Crippen molar-refractivity contribution in [1.82, 2.24) is 31.5 Å². The second-order valence-corrected chi connectivity index (χ2v) is 17.2. The van der Waals surface area contributed by atoms with Crippen molar-refractivity contribution in [3.05, 3.63) is 0 Å². The van der Waals surface area contributed by atoms with E-state index in [1.165, 1.54) is 4.90 Å². The third-order valence-electron chi connectivity index (χ3n) is 9.13. The standard InChI is InChI=1S/C22H37N3O7.C17H29N3O5/c1-12(2)11-14(18(27)24-16(13(3)4)20(29)30)23-19(28)17(26)15-9-8-10-25(15)21(31)32-22(5,6)7;1-9(2)8-12(15(22)20-13(10(3)4)17(24)25)19-16(23)14(21)11-6-5-7-18-11/h12-16H,8-11H2,1-7H3,(H,23,28)(H,24,27)(H,29,30);9-13,18H,5-8H2,1-4H3,(H,19,23)(H,20,22)(H,24,25)/t14-,15?,16+;11?,12-,13+/m11/s1. The number of likely N-dealkylation sites (tertiary alicyclic amines) is 1. The Morgan fingerprint density at radius 3 is 1.46 bits per heavy atom. The number of nitrogens with one attached hydrogen (secondary N) is 5. The molecule has 5 amide bonds. The minimum atomic E-state index is -1.18. The summed E-state index contributed by atoms with van der Waals surface area (Å²) in [6.07, 6.45) is 2.16. The molecule has 0 aromatic carbocycles. The topological polar surface area (TPSA) is 267 Å². The molecule has 0 saturated carbocycles. The van der Waals surface area contributed by atoms with Crippen LogP contribution >= 0.6 is 0 Å². The minimum Gasteiger partial charge on any atom is -0.480 e. The van der Waals surface area contributed by atoms with Crippen LogP contribution in [-0.4, -0.2) is 123 Å². The van der Waals surface area contributed by atoms with Crippen molar-refractivity contribution >= 4 is 53.2 Å². The number of carbonyl (C=O) groups excluding carboxylic acids is 7. The van der Waals surface area contributed by atoms with Gasteiger partial charge in [-0.3, -0.25) is 33.7 Å². The molecule has 2 saturated heterocycles. The van der Waals surface area contributed by atoms with Crippen LogP contribution in [0.2, 0.25) is 0 Å². The molecule has 2 fully saturated rings. The van der Waals surface area contributed by atoms with Crippen molar-refractivity contribution in [2.45, 2.75) is 157 Å². The highest BCUT2D eigenvalue weighted by molar-refractivity contribution is 6.39. The third-order valence-corrected chi connectivity index (χ3v) is 9.13. The summed E-state index contributed by atoms with van der Waals surface area (Å²) in [5.41, 5.74) is -0.743. The van der Waals surface area contributed by atoms with E-state index in [0.29, 0.717) is 38.8 Å². The minimum absolute atomic E-state index is 0.00628. The smallest absolute Gasteiger partial charge is 0.410 e. The van der Waals surface area contributed by atoms with Gasteiger partial charge in [-0.05, 0) is 89.5 Å². The lowest BCUT2D eigenvalue weighted by Crippen LogP contribution is -2.56. The summed E-state index contributed by atoms with van der Waals surface area (Å²) in [4.78, 5) is 111. The van der Waals surface area contributed by atoms with Gasteiger partial charge in [-0.25, -0.2) is 14.4 Å². The van der Waals surface area contributed by atoms with Gasteiger partial charge in [-0.15, -0.1) is 0 Å². The van der Waals surface area contributed by atoms with Crippen molar-refractivity contribution in [2.24, 2.45) is 23.7 Å². The average molecular weight is 811 g/mol. The summed E-state index contributed by atoms with van der Waals surface area (Å²) in [5.74, 6) is -7.37. The number of Topliss-reactive ketones (excluding diaryl/α,β-unsaturated/α-hetero) is 2. The first kappa shape index (κ1) is 50.4. The van der Waals surface area contributed by atoms with Crippen molar-refractivity contribution in [3.63, 3.8) is 0 Å². The monoisotopic (exact) mass is 810 g/mol. The fourth-order valence-electron chi connectivity index (χ4n) is 6.20. The van der Waals surface area contributed by atoms with Crippen molar-refractivity contribution in [1.29, 1.82) is 0 Å². The molecule has 6 atom stereocenters. The van der Waals surface area contributed by atoms with E-state index in [-0.39, 0.29) is 30.1 Å². The number of ether oxygens (including phenoxy) is 1. The predicted molar refractivity (Wildman–Crippen MR) is 209 cm³/mol. The van der Waals surface area contributed by atoms with Gasteiger partial charge in [0.2, 0.25) is 23.4 Å². The molecule has 2 aliphatic rings. The molecule has 0 aromatic heterocycles. The zero-order valence-corrected chi connectivity index (χ0v) is 35.4. The highest BCUT2D eigenvalue weighted by atomic mass is 16.6. The molecule has 0 spiro atoms. The van der Waals surface area contributed by atoms with E-state index in [9.17, 15) is 53.4 Å². The Hall–Kier alpha value is -4.61. The molecule has 2 heterocycles. The number of hydrogen-bond acceptors (Lipinski definition) is 11. The summed E-state index contributed by atoms with van der Waals surface area (Å²) in [5, 5.41) is 31.3. The maximum atomic E-state index is 12.8. The van der Waals surface area contributed by atoms with Crippen LogP contribution in [-0.2, 0) is 43.1 Å². The Labute approximate surface area is 335 Å². The van der Waals surface area contributed by atoms with Gasteiger partial charge in [0.05, 0.1) is 6.04 Å². The van der Waals surface area contributed by atoms with Gasteiger partial charge in [0.25, 0.3) is 11.8 Å². The van der Waals surface area contributed by atoms with Gasteiger partial charge in [0.15, 0.2) is 0 Å². The lowest BCUT2D eigenvalue weighted by molar-refractivity contribution is -0.144. The van der Waals surface area contributed by atoms with Crippen molar-refractivity contribution in [2.75, 3.05) is 13.1 Å². The van der Waals surface area contributed by atoms with E-state index < -0.39 is 95.1 Å². The van der Waals surface area contributed by atoms with Crippen LogP contribution in [0.1, 0.15) is 115 Å². The quantitative estimate of drug-likeness (QED) is 0.0975. The summed E-state index contributed by atoms with van der Waals surface area (Å²) in [6, 6.07) is -5.67. The molecule has 0 bridgehead atoms. The molecule has 7 N–H and O–H groups in total. The summed E-state index contributed by atoms with van der Waals surface area (Å²) >= 11 is 0. The molecule has 0 aliphatic carbocycles. The number of ketones is 2. The number of nitrogens with zero attached hydrogens (tertiary/aromatic N) is 1. The number of carboxylic acid groups (broad SMARTS) is 2. The molecule has 2 unspecified atom stereocenters. The van der Waals surface area contributed by atoms with E-state index in [2.05, 4.69) is 26.6 Å². The summed E-state index contributed by atoms with van der Waals surface area (Å²) < 4.78 is 5.33. The molecule has 2 aliphatic heterocycles. The lowest BCUT2D eigenvalue weighted by Gasteiger charge is -2.28. The summed E-state index contributed by atoms with van der Waals surface area (Å²) in [6.45, 7) is 20.2. The third kappa shape index (κ3) is 17.2. The first-order chi connectivity index (χ1) is 26.3. The Bertz CT molecular complexity index is 1450. The number of carbonyl (C=O) groups is 9. The molecule has 2 rings (SSSR count). The van der Waals surface area contributed by atoms with Crippen LogP contribution in [0.5, 0.6) is 0 Å². The number of amides is 5. The molecule has 57 heavy (non-hydrogen) atoms. The lowest BCUT2D eigenvalue weighted by atomic mass is 10.00. The molecule has 0 radical (unpaired) electrons. The number of carboxylic acids is 2. The average Bonchev–Trinajstić information content (AvgIpc) is 3.80. The number of rotatable bonds is 18. The zero-order chi connectivity index (χ0) is 43.9. The van der Waals surface area contributed by atoms with E-state index in [1.54, 1.807) is 48.5 Å². The fraction of sp³-hybridized carbons (Fsp3) is 0.769. The van der Waals surface area contributed by atoms with Crippen LogP contribution in [0.15, 0.2) is 0 Å². The van der Waals surface area contributed by atoms with Crippen LogP contribution in [0, 0.1) is 23.7 Å². The Morgan fingerprint density at radius 2 is 1.11 bits per heavy atom. The van der Waals surface area contributed by atoms with Gasteiger partial charge in [0.1, 0.15) is 35.8 Å². The van der Waals surface area contributed by atoms with Gasteiger partial charge in [-0.1, -0.05) is 55.4 Å². The Morgan fingerprint density at radius 1 is 0.667 bits per heavy atom. The number of aliphatic carboxylic acids is 2. The molecular formula is C39H66N6O12. The van der Waals surface area contributed by atoms with Crippen molar-refractivity contribution < 1.29 is 58.1 Å². The van der Waals surface area contributed by atoms with Crippen molar-refractivity contribution in [3.8, 4) is 0 Å². The van der Waals surface area contributed by atoms with Gasteiger partial charge in [-0.2, -0.15) is 0 Å². The molecule has 18 nitrogen and oxygen atoms in total. The fourth-order valence-corrected chi connectivity index (χ4v) is 6.20. The van der Waals surface area contributed by atoms with E-state index >= 15 is 0 Å².